The van der Waals surface area contributed by atoms with Crippen molar-refractivity contribution in [2.45, 2.75) is 112 Å². The van der Waals surface area contributed by atoms with Crippen molar-refractivity contribution < 1.29 is 38.0 Å². The predicted molar refractivity (Wildman–Crippen MR) is 168 cm³/mol. The summed E-state index contributed by atoms with van der Waals surface area (Å²) < 4.78 is 1.00. The lowest BCUT2D eigenvalue weighted by Gasteiger charge is -2.46. The normalized spacial score (nSPS) is 20.4. The van der Waals surface area contributed by atoms with Gasteiger partial charge < -0.3 is 28.5 Å². The lowest BCUT2D eigenvalue weighted by molar-refractivity contribution is -0.944. The van der Waals surface area contributed by atoms with E-state index in [0.717, 1.165) is 43.5 Å². The molecule has 2 unspecified atom stereocenters. The van der Waals surface area contributed by atoms with Crippen molar-refractivity contribution in [3.8, 4) is 0 Å². The zero-order valence-corrected chi connectivity index (χ0v) is 29.1. The number of likely N-dealkylation sites (N-methyl/N-ethyl adjacent to an activating group) is 2. The SMILES string of the molecule is CCN1CCCCC1C(=O)Cc1c(C)cccc1C.CC[N+]1(CC)CCCCC1C(=O)Cc1c(C)cccc1C.[I-]. The van der Waals surface area contributed by atoms with Crippen molar-refractivity contribution in [2.75, 3.05) is 32.7 Å². The fourth-order valence-corrected chi connectivity index (χ4v) is 7.21. The molecule has 0 N–H and O–H groups in total. The molecule has 2 heterocycles. The largest absolute Gasteiger partial charge is 1.00 e. The molecule has 228 valence electrons. The van der Waals surface area contributed by atoms with Crippen molar-refractivity contribution >= 4 is 11.6 Å². The number of benzene rings is 2. The van der Waals surface area contributed by atoms with Crippen LogP contribution in [0.5, 0.6) is 0 Å². The average Bonchev–Trinajstić information content (AvgIpc) is 2.97. The first-order chi connectivity index (χ1) is 19.2. The van der Waals surface area contributed by atoms with Crippen molar-refractivity contribution in [3.05, 3.63) is 69.8 Å². The van der Waals surface area contributed by atoms with Crippen LogP contribution in [0, 0.1) is 27.7 Å². The van der Waals surface area contributed by atoms with E-state index in [0.29, 0.717) is 24.4 Å². The zero-order valence-electron chi connectivity index (χ0n) is 26.9. The molecule has 2 aromatic carbocycles. The second kappa shape index (κ2) is 16.9. The Morgan fingerprint density at radius 1 is 0.732 bits per heavy atom. The number of likely N-dealkylation sites (tertiary alicyclic amines) is 2. The highest BCUT2D eigenvalue weighted by Crippen LogP contribution is 2.28. The highest BCUT2D eigenvalue weighted by molar-refractivity contribution is 5.87. The summed E-state index contributed by atoms with van der Waals surface area (Å²) in [5.41, 5.74) is 7.47. The Kier molecular flexibility index (Phi) is 14.7. The predicted octanol–water partition coefficient (Wildman–Crippen LogP) is 4.12. The number of hydrogen-bond donors (Lipinski definition) is 0. The molecular formula is C36H55IN2O2. The van der Waals surface area contributed by atoms with Gasteiger partial charge in [-0.05, 0) is 114 Å². The third-order valence-corrected chi connectivity index (χ3v) is 10.0. The van der Waals surface area contributed by atoms with Gasteiger partial charge in [0, 0.05) is 19.3 Å². The molecular weight excluding hydrogens is 619 g/mol. The van der Waals surface area contributed by atoms with E-state index in [9.17, 15) is 9.59 Å². The minimum absolute atomic E-state index is 0. The number of halogens is 1. The number of nitrogens with zero attached hydrogens (tertiary/aromatic N) is 2. The lowest BCUT2D eigenvalue weighted by Crippen LogP contribution is -3.00. The van der Waals surface area contributed by atoms with Crippen LogP contribution in [0.4, 0.5) is 0 Å². The minimum atomic E-state index is 0. The van der Waals surface area contributed by atoms with Crippen LogP contribution in [0.2, 0.25) is 0 Å². The molecule has 0 spiro atoms. The van der Waals surface area contributed by atoms with E-state index in [-0.39, 0.29) is 36.1 Å². The van der Waals surface area contributed by atoms with E-state index < -0.39 is 0 Å². The monoisotopic (exact) mass is 674 g/mol. The lowest BCUT2D eigenvalue weighted by atomic mass is 9.89. The third-order valence-electron chi connectivity index (χ3n) is 10.0. The number of quaternary nitrogens is 1. The van der Waals surface area contributed by atoms with Gasteiger partial charge in [0.2, 0.25) is 0 Å². The van der Waals surface area contributed by atoms with E-state index in [1.54, 1.807) is 0 Å². The van der Waals surface area contributed by atoms with Crippen LogP contribution in [0.15, 0.2) is 36.4 Å². The molecule has 0 aliphatic carbocycles. The van der Waals surface area contributed by atoms with E-state index in [2.05, 4.69) is 89.8 Å². The molecule has 0 bridgehead atoms. The van der Waals surface area contributed by atoms with Crippen LogP contribution in [0.1, 0.15) is 92.7 Å². The van der Waals surface area contributed by atoms with Gasteiger partial charge in [-0.3, -0.25) is 14.5 Å². The summed E-state index contributed by atoms with van der Waals surface area (Å²) in [6.07, 6.45) is 8.24. The summed E-state index contributed by atoms with van der Waals surface area (Å²) in [4.78, 5) is 27.9. The fourth-order valence-electron chi connectivity index (χ4n) is 7.21. The Hall–Kier alpha value is -1.57. The molecule has 2 aliphatic rings. The number of rotatable bonds is 9. The van der Waals surface area contributed by atoms with Gasteiger partial charge in [-0.2, -0.15) is 0 Å². The highest BCUT2D eigenvalue weighted by atomic mass is 127. The zero-order chi connectivity index (χ0) is 29.3. The van der Waals surface area contributed by atoms with Gasteiger partial charge in [0.15, 0.2) is 11.6 Å². The second-order valence-electron chi connectivity index (χ2n) is 12.3. The molecule has 2 fully saturated rings. The summed E-state index contributed by atoms with van der Waals surface area (Å²) in [6.45, 7) is 20.5. The maximum absolute atomic E-state index is 13.0. The first kappa shape index (κ1) is 35.6. The molecule has 0 radical (unpaired) electrons. The first-order valence-corrected chi connectivity index (χ1v) is 15.9. The number of ketones is 2. The van der Waals surface area contributed by atoms with E-state index in [1.807, 2.05) is 0 Å². The van der Waals surface area contributed by atoms with Crippen LogP contribution in [-0.4, -0.2) is 65.8 Å². The van der Waals surface area contributed by atoms with Crippen LogP contribution in [0.3, 0.4) is 0 Å². The molecule has 2 saturated heterocycles. The van der Waals surface area contributed by atoms with Gasteiger partial charge in [-0.25, -0.2) is 0 Å². The molecule has 0 amide bonds. The quantitative estimate of drug-likeness (QED) is 0.297. The minimum Gasteiger partial charge on any atom is -1.00 e. The van der Waals surface area contributed by atoms with Crippen molar-refractivity contribution in [1.82, 2.24) is 4.90 Å². The fraction of sp³-hybridized carbons (Fsp3) is 0.611. The smallest absolute Gasteiger partial charge is 0.194 e. The number of hydrogen-bond acceptors (Lipinski definition) is 3. The summed E-state index contributed by atoms with van der Waals surface area (Å²) >= 11 is 0. The highest BCUT2D eigenvalue weighted by Gasteiger charge is 2.41. The Morgan fingerprint density at radius 2 is 1.22 bits per heavy atom. The van der Waals surface area contributed by atoms with Crippen LogP contribution in [-0.2, 0) is 22.4 Å². The van der Waals surface area contributed by atoms with Gasteiger partial charge in [-0.15, -0.1) is 0 Å². The average molecular weight is 675 g/mol. The second-order valence-corrected chi connectivity index (χ2v) is 12.3. The Morgan fingerprint density at radius 3 is 1.71 bits per heavy atom. The van der Waals surface area contributed by atoms with Crippen LogP contribution < -0.4 is 24.0 Å². The Labute approximate surface area is 267 Å². The third kappa shape index (κ3) is 8.96. The van der Waals surface area contributed by atoms with E-state index in [4.69, 9.17) is 0 Å². The van der Waals surface area contributed by atoms with Gasteiger partial charge >= 0.3 is 0 Å². The number of aryl methyl sites for hydroxylation is 4. The number of carbonyl (C=O) groups is 2. The number of piperidine rings is 2. The maximum Gasteiger partial charge on any atom is 0.194 e. The van der Waals surface area contributed by atoms with Gasteiger partial charge in [0.05, 0.1) is 25.7 Å². The van der Waals surface area contributed by atoms with Gasteiger partial charge in [-0.1, -0.05) is 49.7 Å². The summed E-state index contributed by atoms with van der Waals surface area (Å²) in [7, 11) is 0. The molecule has 4 rings (SSSR count). The van der Waals surface area contributed by atoms with Crippen molar-refractivity contribution in [2.24, 2.45) is 0 Å². The molecule has 2 atom stereocenters. The molecule has 0 aromatic heterocycles. The van der Waals surface area contributed by atoms with Crippen LogP contribution in [0.25, 0.3) is 0 Å². The van der Waals surface area contributed by atoms with E-state index in [1.165, 1.54) is 65.6 Å². The molecule has 2 aromatic rings. The molecule has 2 aliphatic heterocycles. The summed E-state index contributed by atoms with van der Waals surface area (Å²) in [5, 5.41) is 0. The van der Waals surface area contributed by atoms with Crippen LogP contribution >= 0.6 is 0 Å². The Bertz CT molecular complexity index is 1100. The molecule has 4 nitrogen and oxygen atoms in total. The maximum atomic E-state index is 13.0. The van der Waals surface area contributed by atoms with Gasteiger partial charge in [0.1, 0.15) is 6.04 Å². The number of Topliss-reactive ketones (excluding diaryl/α,β-unsaturated/α-hetero) is 2. The molecule has 0 saturated carbocycles. The van der Waals surface area contributed by atoms with Crippen molar-refractivity contribution in [3.63, 3.8) is 0 Å². The number of carbonyl (C=O) groups excluding carboxylic acids is 2. The molecule has 41 heavy (non-hydrogen) atoms. The Balaban J connectivity index is 0.000000281. The van der Waals surface area contributed by atoms with Gasteiger partial charge in [0.25, 0.3) is 0 Å². The first-order valence-electron chi connectivity index (χ1n) is 15.9. The summed E-state index contributed by atoms with van der Waals surface area (Å²) in [5.74, 6) is 0.856. The standard InChI is InChI=1S/C19H30NO.C17H25NO.HI/c1-5-20(6-2)13-8-7-12-18(20)19(21)14-17-15(3)10-9-11-16(17)4;1-4-18-11-6-5-10-16(18)17(19)12-15-13(2)8-7-9-14(15)3;/h9-11,18H,5-8,12-14H2,1-4H3;7-9,16H,4-6,10-12H2,1-3H3;1H/q+1;;/p-1. The van der Waals surface area contributed by atoms with Crippen molar-refractivity contribution in [1.29, 1.82) is 0 Å². The van der Waals surface area contributed by atoms with E-state index >= 15 is 0 Å². The topological polar surface area (TPSA) is 37.4 Å². The summed E-state index contributed by atoms with van der Waals surface area (Å²) in [6, 6.07) is 13.0. The molecule has 5 heteroatoms.